The third-order valence-electron chi connectivity index (χ3n) is 2.78. The SMILES string of the molecule is CCSc1ccc(CNC2CC2)c(C)c1. The zero-order valence-electron chi connectivity index (χ0n) is 9.55. The fraction of sp³-hybridized carbons (Fsp3) is 0.538. The standard InChI is InChI=1S/C13H19NS/c1-3-15-13-7-4-11(10(2)8-13)9-14-12-5-6-12/h4,7-8,12,14H,3,5-6,9H2,1-2H3. The van der Waals surface area contributed by atoms with Crippen molar-refractivity contribution in [3.8, 4) is 0 Å². The van der Waals surface area contributed by atoms with Gasteiger partial charge < -0.3 is 5.32 Å². The lowest BCUT2D eigenvalue weighted by atomic mass is 10.1. The molecule has 0 unspecified atom stereocenters. The molecule has 0 aromatic heterocycles. The zero-order valence-corrected chi connectivity index (χ0v) is 10.4. The Morgan fingerprint density at radius 3 is 2.80 bits per heavy atom. The molecule has 1 saturated carbocycles. The van der Waals surface area contributed by atoms with Gasteiger partial charge >= 0.3 is 0 Å². The Labute approximate surface area is 96.7 Å². The summed E-state index contributed by atoms with van der Waals surface area (Å²) >= 11 is 1.91. The Balaban J connectivity index is 1.97. The van der Waals surface area contributed by atoms with Crippen molar-refractivity contribution >= 4 is 11.8 Å². The molecule has 2 heteroatoms. The molecule has 82 valence electrons. The number of rotatable bonds is 5. The first kappa shape index (κ1) is 11.0. The summed E-state index contributed by atoms with van der Waals surface area (Å²) in [7, 11) is 0. The van der Waals surface area contributed by atoms with Gasteiger partial charge in [-0.05, 0) is 48.8 Å². The molecule has 0 aliphatic heterocycles. The zero-order chi connectivity index (χ0) is 10.7. The summed E-state index contributed by atoms with van der Waals surface area (Å²) in [6.45, 7) is 5.44. The summed E-state index contributed by atoms with van der Waals surface area (Å²) < 4.78 is 0. The molecule has 0 atom stereocenters. The van der Waals surface area contributed by atoms with Crippen molar-refractivity contribution in [3.63, 3.8) is 0 Å². The van der Waals surface area contributed by atoms with Crippen molar-refractivity contribution in [1.29, 1.82) is 0 Å². The van der Waals surface area contributed by atoms with Gasteiger partial charge in [-0.1, -0.05) is 13.0 Å². The topological polar surface area (TPSA) is 12.0 Å². The van der Waals surface area contributed by atoms with E-state index in [9.17, 15) is 0 Å². The van der Waals surface area contributed by atoms with Crippen molar-refractivity contribution in [1.82, 2.24) is 5.32 Å². The molecule has 0 heterocycles. The van der Waals surface area contributed by atoms with E-state index >= 15 is 0 Å². The van der Waals surface area contributed by atoms with Gasteiger partial charge in [0.25, 0.3) is 0 Å². The highest BCUT2D eigenvalue weighted by atomic mass is 32.2. The first-order valence-electron chi connectivity index (χ1n) is 5.75. The van der Waals surface area contributed by atoms with E-state index in [1.54, 1.807) is 0 Å². The molecule has 0 amide bonds. The Kier molecular flexibility index (Phi) is 3.71. The average Bonchev–Trinajstić information content (AvgIpc) is 3.01. The molecule has 1 aromatic rings. The fourth-order valence-corrected chi connectivity index (χ4v) is 2.42. The Morgan fingerprint density at radius 1 is 1.40 bits per heavy atom. The summed E-state index contributed by atoms with van der Waals surface area (Å²) in [5.41, 5.74) is 2.86. The van der Waals surface area contributed by atoms with Crippen LogP contribution in [0.4, 0.5) is 0 Å². The number of hydrogen-bond donors (Lipinski definition) is 1. The second kappa shape index (κ2) is 5.04. The fourth-order valence-electron chi connectivity index (χ4n) is 1.66. The van der Waals surface area contributed by atoms with Gasteiger partial charge in [-0.3, -0.25) is 0 Å². The minimum Gasteiger partial charge on any atom is -0.310 e. The first-order valence-corrected chi connectivity index (χ1v) is 6.74. The van der Waals surface area contributed by atoms with Gasteiger partial charge in [0, 0.05) is 17.5 Å². The second-order valence-electron chi connectivity index (χ2n) is 4.18. The van der Waals surface area contributed by atoms with Gasteiger partial charge in [0.15, 0.2) is 0 Å². The van der Waals surface area contributed by atoms with Crippen LogP contribution >= 0.6 is 11.8 Å². The largest absolute Gasteiger partial charge is 0.310 e. The summed E-state index contributed by atoms with van der Waals surface area (Å²) in [5, 5.41) is 3.56. The summed E-state index contributed by atoms with van der Waals surface area (Å²) in [6.07, 6.45) is 2.73. The molecule has 1 N–H and O–H groups in total. The lowest BCUT2D eigenvalue weighted by Gasteiger charge is -2.08. The monoisotopic (exact) mass is 221 g/mol. The molecular weight excluding hydrogens is 202 g/mol. The minimum atomic E-state index is 0.800. The molecule has 0 bridgehead atoms. The van der Waals surface area contributed by atoms with Crippen LogP contribution in [-0.2, 0) is 6.54 Å². The number of nitrogens with one attached hydrogen (secondary N) is 1. The van der Waals surface area contributed by atoms with E-state index in [0.29, 0.717) is 0 Å². The molecular formula is C13H19NS. The van der Waals surface area contributed by atoms with Gasteiger partial charge in [0.2, 0.25) is 0 Å². The van der Waals surface area contributed by atoms with Crippen molar-refractivity contribution in [2.45, 2.75) is 44.2 Å². The average molecular weight is 221 g/mol. The van der Waals surface area contributed by atoms with Crippen LogP contribution in [0.3, 0.4) is 0 Å². The second-order valence-corrected chi connectivity index (χ2v) is 5.51. The molecule has 1 aliphatic rings. The first-order chi connectivity index (χ1) is 7.29. The Bertz CT molecular complexity index is 331. The lowest BCUT2D eigenvalue weighted by Crippen LogP contribution is -2.15. The minimum absolute atomic E-state index is 0.800. The van der Waals surface area contributed by atoms with Crippen molar-refractivity contribution < 1.29 is 0 Å². The quantitative estimate of drug-likeness (QED) is 0.765. The molecule has 1 fully saturated rings. The van der Waals surface area contributed by atoms with Gasteiger partial charge in [-0.25, -0.2) is 0 Å². The van der Waals surface area contributed by atoms with Crippen LogP contribution < -0.4 is 5.32 Å². The van der Waals surface area contributed by atoms with Crippen molar-refractivity contribution in [2.24, 2.45) is 0 Å². The van der Waals surface area contributed by atoms with Crippen LogP contribution in [0.2, 0.25) is 0 Å². The number of aryl methyl sites for hydroxylation is 1. The van der Waals surface area contributed by atoms with Gasteiger partial charge in [0.05, 0.1) is 0 Å². The third-order valence-corrected chi connectivity index (χ3v) is 3.66. The molecule has 15 heavy (non-hydrogen) atoms. The molecule has 1 aliphatic carbocycles. The molecule has 0 spiro atoms. The molecule has 2 rings (SSSR count). The van der Waals surface area contributed by atoms with E-state index in [0.717, 1.165) is 18.3 Å². The maximum Gasteiger partial charge on any atom is 0.0210 e. The number of thioether (sulfide) groups is 1. The summed E-state index contributed by atoms with van der Waals surface area (Å²) in [4.78, 5) is 1.39. The van der Waals surface area contributed by atoms with Crippen molar-refractivity contribution in [2.75, 3.05) is 5.75 Å². The van der Waals surface area contributed by atoms with Gasteiger partial charge in [0.1, 0.15) is 0 Å². The maximum absolute atomic E-state index is 3.56. The number of benzene rings is 1. The number of hydrogen-bond acceptors (Lipinski definition) is 2. The summed E-state index contributed by atoms with van der Waals surface area (Å²) in [6, 6.07) is 7.61. The van der Waals surface area contributed by atoms with Crippen molar-refractivity contribution in [3.05, 3.63) is 29.3 Å². The van der Waals surface area contributed by atoms with Crippen LogP contribution in [0.5, 0.6) is 0 Å². The highest BCUT2D eigenvalue weighted by Gasteiger charge is 2.20. The highest BCUT2D eigenvalue weighted by molar-refractivity contribution is 7.99. The van der Waals surface area contributed by atoms with E-state index in [4.69, 9.17) is 0 Å². The Morgan fingerprint density at radius 2 is 2.20 bits per heavy atom. The molecule has 1 nitrogen and oxygen atoms in total. The normalized spacial score (nSPS) is 15.6. The van der Waals surface area contributed by atoms with Gasteiger partial charge in [-0.15, -0.1) is 11.8 Å². The molecule has 0 radical (unpaired) electrons. The van der Waals surface area contributed by atoms with Crippen LogP contribution in [0.25, 0.3) is 0 Å². The molecule has 0 saturated heterocycles. The smallest absolute Gasteiger partial charge is 0.0210 e. The Hall–Kier alpha value is -0.470. The van der Waals surface area contributed by atoms with Crippen LogP contribution in [0, 0.1) is 6.92 Å². The van der Waals surface area contributed by atoms with Crippen LogP contribution in [0.15, 0.2) is 23.1 Å². The third kappa shape index (κ3) is 3.25. The lowest BCUT2D eigenvalue weighted by molar-refractivity contribution is 0.685. The highest BCUT2D eigenvalue weighted by Crippen LogP contribution is 2.23. The van der Waals surface area contributed by atoms with E-state index in [1.807, 2.05) is 11.8 Å². The van der Waals surface area contributed by atoms with Gasteiger partial charge in [-0.2, -0.15) is 0 Å². The molecule has 1 aromatic carbocycles. The predicted molar refractivity (Wildman–Crippen MR) is 67.4 cm³/mol. The van der Waals surface area contributed by atoms with Crippen LogP contribution in [0.1, 0.15) is 30.9 Å². The maximum atomic E-state index is 3.56. The summed E-state index contributed by atoms with van der Waals surface area (Å²) in [5.74, 6) is 1.15. The van der Waals surface area contributed by atoms with E-state index in [-0.39, 0.29) is 0 Å². The predicted octanol–water partition coefficient (Wildman–Crippen LogP) is 3.36. The van der Waals surface area contributed by atoms with E-state index in [2.05, 4.69) is 37.4 Å². The van der Waals surface area contributed by atoms with E-state index < -0.39 is 0 Å². The van der Waals surface area contributed by atoms with Crippen LogP contribution in [-0.4, -0.2) is 11.8 Å². The van der Waals surface area contributed by atoms with E-state index in [1.165, 1.54) is 28.9 Å².